The third-order valence-electron chi connectivity index (χ3n) is 4.21. The number of hydrogen-bond acceptors (Lipinski definition) is 5. The largest absolute Gasteiger partial charge is 0.454 e. The monoisotopic (exact) mass is 378 g/mol. The molecule has 1 aromatic heterocycles. The van der Waals surface area contributed by atoms with Gasteiger partial charge in [-0.2, -0.15) is 0 Å². The van der Waals surface area contributed by atoms with Gasteiger partial charge in [0, 0.05) is 32.1 Å². The number of rotatable bonds is 6. The smallest absolute Gasteiger partial charge is 0.231 e. The molecule has 0 bridgehead atoms. The molecule has 0 saturated carbocycles. The van der Waals surface area contributed by atoms with Gasteiger partial charge in [-0.05, 0) is 24.1 Å². The second kappa shape index (κ2) is 8.31. The van der Waals surface area contributed by atoms with Crippen LogP contribution < -0.4 is 20.1 Å². The molecular weight excluding hydrogens is 356 g/mol. The molecule has 3 rings (SSSR count). The highest BCUT2D eigenvalue weighted by Crippen LogP contribution is 2.39. The summed E-state index contributed by atoms with van der Waals surface area (Å²) in [6, 6.07) is 3.78. The molecule has 0 aliphatic carbocycles. The maximum Gasteiger partial charge on any atom is 0.231 e. The standard InChI is InChI=1S/C18H23ClN4O3/c1-4-14-12(15(5-2)26-23-14)9-22-18(20-3)21-8-11-6-13(19)17-16(7-11)24-10-25-17/h6-7H,4-5,8-10H2,1-3H3,(H2,20,21,22). The molecule has 0 radical (unpaired) electrons. The van der Waals surface area contributed by atoms with Crippen LogP contribution in [-0.2, 0) is 25.9 Å². The van der Waals surface area contributed by atoms with E-state index in [1.807, 2.05) is 12.1 Å². The number of ether oxygens (including phenoxy) is 2. The van der Waals surface area contributed by atoms with Crippen LogP contribution in [0.25, 0.3) is 0 Å². The van der Waals surface area contributed by atoms with Crippen molar-refractivity contribution in [3.63, 3.8) is 0 Å². The van der Waals surface area contributed by atoms with Crippen molar-refractivity contribution in [2.45, 2.75) is 39.8 Å². The average molecular weight is 379 g/mol. The van der Waals surface area contributed by atoms with E-state index in [9.17, 15) is 0 Å². The quantitative estimate of drug-likeness (QED) is 0.594. The molecule has 0 unspecified atom stereocenters. The van der Waals surface area contributed by atoms with Gasteiger partial charge in [-0.15, -0.1) is 0 Å². The van der Waals surface area contributed by atoms with Crippen molar-refractivity contribution in [2.75, 3.05) is 13.8 Å². The van der Waals surface area contributed by atoms with E-state index >= 15 is 0 Å². The van der Waals surface area contributed by atoms with Crippen molar-refractivity contribution in [1.82, 2.24) is 15.8 Å². The Kier molecular flexibility index (Phi) is 5.88. The Hall–Kier alpha value is -2.41. The van der Waals surface area contributed by atoms with Crippen LogP contribution in [0.2, 0.25) is 5.02 Å². The zero-order valence-electron chi connectivity index (χ0n) is 15.2. The number of nitrogens with zero attached hydrogens (tertiary/aromatic N) is 2. The fourth-order valence-electron chi connectivity index (χ4n) is 2.84. The van der Waals surface area contributed by atoms with E-state index in [-0.39, 0.29) is 6.79 Å². The Morgan fingerprint density at radius 2 is 2.00 bits per heavy atom. The molecule has 0 saturated heterocycles. The summed E-state index contributed by atoms with van der Waals surface area (Å²) < 4.78 is 16.1. The number of benzene rings is 1. The lowest BCUT2D eigenvalue weighted by Crippen LogP contribution is -2.36. The van der Waals surface area contributed by atoms with Crippen LogP contribution in [0.1, 0.15) is 36.4 Å². The van der Waals surface area contributed by atoms with Gasteiger partial charge in [-0.25, -0.2) is 0 Å². The first-order chi connectivity index (χ1) is 12.7. The highest BCUT2D eigenvalue weighted by Gasteiger charge is 2.18. The van der Waals surface area contributed by atoms with Crippen LogP contribution in [0.4, 0.5) is 0 Å². The van der Waals surface area contributed by atoms with Crippen LogP contribution >= 0.6 is 11.6 Å². The van der Waals surface area contributed by atoms with Gasteiger partial charge in [0.05, 0.1) is 10.7 Å². The van der Waals surface area contributed by atoms with Crippen molar-refractivity contribution < 1.29 is 14.0 Å². The van der Waals surface area contributed by atoms with Gasteiger partial charge >= 0.3 is 0 Å². The van der Waals surface area contributed by atoms with Gasteiger partial charge in [0.25, 0.3) is 0 Å². The molecule has 2 aromatic rings. The van der Waals surface area contributed by atoms with Crippen LogP contribution in [0, 0.1) is 0 Å². The number of hydrogen-bond donors (Lipinski definition) is 2. The van der Waals surface area contributed by atoms with Crippen LogP contribution in [-0.4, -0.2) is 25.0 Å². The minimum atomic E-state index is 0.202. The summed E-state index contributed by atoms with van der Waals surface area (Å²) in [5.74, 6) is 2.86. The normalized spacial score (nSPS) is 13.2. The van der Waals surface area contributed by atoms with Gasteiger partial charge in [0.2, 0.25) is 6.79 Å². The fraction of sp³-hybridized carbons (Fsp3) is 0.444. The number of guanidine groups is 1. The van der Waals surface area contributed by atoms with Gasteiger partial charge in [0.1, 0.15) is 5.76 Å². The zero-order chi connectivity index (χ0) is 18.5. The van der Waals surface area contributed by atoms with Crippen LogP contribution in [0.3, 0.4) is 0 Å². The number of aryl methyl sites for hydroxylation is 2. The van der Waals surface area contributed by atoms with Crippen LogP contribution in [0.5, 0.6) is 11.5 Å². The van der Waals surface area contributed by atoms with Crippen molar-refractivity contribution in [3.8, 4) is 11.5 Å². The second-order valence-corrected chi connectivity index (χ2v) is 6.24. The molecule has 1 aliphatic rings. The van der Waals surface area contributed by atoms with E-state index in [1.54, 1.807) is 7.05 Å². The Morgan fingerprint density at radius 3 is 2.73 bits per heavy atom. The van der Waals surface area contributed by atoms with E-state index in [0.29, 0.717) is 35.6 Å². The van der Waals surface area contributed by atoms with Crippen molar-refractivity contribution >= 4 is 17.6 Å². The van der Waals surface area contributed by atoms with E-state index < -0.39 is 0 Å². The molecule has 1 aliphatic heterocycles. The molecule has 2 heterocycles. The SMILES string of the molecule is CCc1noc(CC)c1CNC(=NC)NCc1cc(Cl)c2c(c1)OCO2. The molecular formula is C18H23ClN4O3. The van der Waals surface area contributed by atoms with Crippen molar-refractivity contribution in [1.29, 1.82) is 0 Å². The van der Waals surface area contributed by atoms with Gasteiger partial charge < -0.3 is 24.6 Å². The first-order valence-corrected chi connectivity index (χ1v) is 9.02. The van der Waals surface area contributed by atoms with Crippen molar-refractivity contribution in [3.05, 3.63) is 39.7 Å². The first-order valence-electron chi connectivity index (χ1n) is 8.65. The van der Waals surface area contributed by atoms with E-state index in [4.69, 9.17) is 25.6 Å². The highest BCUT2D eigenvalue weighted by atomic mass is 35.5. The fourth-order valence-corrected chi connectivity index (χ4v) is 3.13. The maximum atomic E-state index is 6.22. The summed E-state index contributed by atoms with van der Waals surface area (Å²) in [7, 11) is 1.73. The lowest BCUT2D eigenvalue weighted by Gasteiger charge is -2.13. The summed E-state index contributed by atoms with van der Waals surface area (Å²) in [6.45, 7) is 5.49. The molecule has 0 amide bonds. The Labute approximate surface area is 157 Å². The minimum absolute atomic E-state index is 0.202. The predicted octanol–water partition coefficient (Wildman–Crippen LogP) is 3.05. The summed E-state index contributed by atoms with van der Waals surface area (Å²) in [6.07, 6.45) is 1.65. The molecule has 1 aromatic carbocycles. The molecule has 0 fully saturated rings. The molecule has 2 N–H and O–H groups in total. The number of halogens is 1. The first kappa shape index (κ1) is 18.4. The topological polar surface area (TPSA) is 80.9 Å². The third kappa shape index (κ3) is 3.88. The number of aromatic nitrogens is 1. The zero-order valence-corrected chi connectivity index (χ0v) is 15.9. The predicted molar refractivity (Wildman–Crippen MR) is 99.9 cm³/mol. The summed E-state index contributed by atoms with van der Waals surface area (Å²) >= 11 is 6.22. The van der Waals surface area contributed by atoms with E-state index in [2.05, 4.69) is 34.6 Å². The summed E-state index contributed by atoms with van der Waals surface area (Å²) in [5, 5.41) is 11.3. The molecule has 0 atom stereocenters. The molecule has 0 spiro atoms. The van der Waals surface area contributed by atoms with E-state index in [1.165, 1.54) is 0 Å². The Balaban J connectivity index is 1.61. The van der Waals surface area contributed by atoms with Crippen molar-refractivity contribution in [2.24, 2.45) is 4.99 Å². The Bertz CT molecular complexity index is 782. The molecule has 26 heavy (non-hydrogen) atoms. The van der Waals surface area contributed by atoms with E-state index in [0.717, 1.165) is 35.4 Å². The number of nitrogens with one attached hydrogen (secondary N) is 2. The van der Waals surface area contributed by atoms with Gasteiger partial charge in [-0.1, -0.05) is 30.6 Å². The lowest BCUT2D eigenvalue weighted by molar-refractivity contribution is 0.174. The molecule has 8 heteroatoms. The number of aliphatic imine (C=N–C) groups is 1. The number of fused-ring (bicyclic) bond motifs is 1. The molecule has 7 nitrogen and oxygen atoms in total. The summed E-state index contributed by atoms with van der Waals surface area (Å²) in [4.78, 5) is 4.26. The highest BCUT2D eigenvalue weighted by molar-refractivity contribution is 6.32. The van der Waals surface area contributed by atoms with Gasteiger partial charge in [0.15, 0.2) is 17.5 Å². The lowest BCUT2D eigenvalue weighted by atomic mass is 10.1. The van der Waals surface area contributed by atoms with Gasteiger partial charge in [-0.3, -0.25) is 4.99 Å². The average Bonchev–Trinajstić information content (AvgIpc) is 3.28. The summed E-state index contributed by atoms with van der Waals surface area (Å²) in [5.41, 5.74) is 3.06. The maximum absolute atomic E-state index is 6.22. The second-order valence-electron chi connectivity index (χ2n) is 5.83. The third-order valence-corrected chi connectivity index (χ3v) is 4.49. The van der Waals surface area contributed by atoms with Crippen LogP contribution in [0.15, 0.2) is 21.6 Å². The minimum Gasteiger partial charge on any atom is -0.454 e. The Morgan fingerprint density at radius 1 is 1.19 bits per heavy atom. The molecule has 140 valence electrons.